The van der Waals surface area contributed by atoms with Crippen LogP contribution in [0.2, 0.25) is 0 Å². The molecule has 1 aromatic rings. The molecule has 1 aliphatic rings. The van der Waals surface area contributed by atoms with Crippen molar-refractivity contribution in [2.75, 3.05) is 19.7 Å². The predicted molar refractivity (Wildman–Crippen MR) is 63.2 cm³/mol. The summed E-state index contributed by atoms with van der Waals surface area (Å²) in [5.74, 6) is 0. The largest absolute Gasteiger partial charge is 0.361 e. The van der Waals surface area contributed by atoms with Crippen molar-refractivity contribution in [3.05, 3.63) is 17.5 Å². The van der Waals surface area contributed by atoms with E-state index in [0.29, 0.717) is 13.2 Å². The fourth-order valence-electron chi connectivity index (χ4n) is 2.05. The highest BCUT2D eigenvalue weighted by Crippen LogP contribution is 2.11. The van der Waals surface area contributed by atoms with Crippen molar-refractivity contribution in [1.29, 1.82) is 5.26 Å². The minimum absolute atomic E-state index is 0.289. The number of ether oxygens (including phenoxy) is 1. The third-order valence-corrected chi connectivity index (χ3v) is 3.07. The third-order valence-electron chi connectivity index (χ3n) is 3.07. The van der Waals surface area contributed by atoms with E-state index in [4.69, 9.17) is 10.00 Å². The third kappa shape index (κ3) is 2.84. The van der Waals surface area contributed by atoms with Gasteiger partial charge in [0.15, 0.2) is 6.10 Å². The number of aromatic nitrogens is 2. The van der Waals surface area contributed by atoms with E-state index < -0.39 is 0 Å². The van der Waals surface area contributed by atoms with Gasteiger partial charge in [-0.3, -0.25) is 9.58 Å². The molecular weight excluding hydrogens is 216 g/mol. The second-order valence-corrected chi connectivity index (χ2v) is 4.33. The SMILES string of the molecule is CCc1cc(CN2CCOC(C#N)C2)n(C)n1. The molecule has 0 amide bonds. The molecule has 0 aliphatic carbocycles. The number of morpholine rings is 1. The molecule has 17 heavy (non-hydrogen) atoms. The molecule has 1 fully saturated rings. The van der Waals surface area contributed by atoms with Crippen LogP contribution in [0.5, 0.6) is 0 Å². The van der Waals surface area contributed by atoms with Gasteiger partial charge in [-0.25, -0.2) is 0 Å². The van der Waals surface area contributed by atoms with Gasteiger partial charge in [-0.15, -0.1) is 0 Å². The van der Waals surface area contributed by atoms with E-state index in [2.05, 4.69) is 29.1 Å². The second kappa shape index (κ2) is 5.30. The van der Waals surface area contributed by atoms with Crippen LogP contribution >= 0.6 is 0 Å². The molecule has 2 rings (SSSR count). The Bertz CT molecular complexity index is 421. The van der Waals surface area contributed by atoms with Crippen LogP contribution in [0, 0.1) is 11.3 Å². The fraction of sp³-hybridized carbons (Fsp3) is 0.667. The van der Waals surface area contributed by atoms with E-state index in [1.54, 1.807) is 0 Å². The number of rotatable bonds is 3. The predicted octanol–water partition coefficient (Wildman–Crippen LogP) is 0.707. The molecule has 5 nitrogen and oxygen atoms in total. The average molecular weight is 234 g/mol. The van der Waals surface area contributed by atoms with Gasteiger partial charge in [0, 0.05) is 26.7 Å². The van der Waals surface area contributed by atoms with Crippen LogP contribution < -0.4 is 0 Å². The lowest BCUT2D eigenvalue weighted by molar-refractivity contribution is -0.00349. The van der Waals surface area contributed by atoms with E-state index >= 15 is 0 Å². The zero-order valence-corrected chi connectivity index (χ0v) is 10.4. The highest BCUT2D eigenvalue weighted by molar-refractivity contribution is 5.10. The maximum absolute atomic E-state index is 8.85. The lowest BCUT2D eigenvalue weighted by Gasteiger charge is -2.29. The van der Waals surface area contributed by atoms with Crippen molar-refractivity contribution in [2.45, 2.75) is 26.0 Å². The van der Waals surface area contributed by atoms with Crippen molar-refractivity contribution >= 4 is 0 Å². The average Bonchev–Trinajstić information content (AvgIpc) is 2.70. The summed E-state index contributed by atoms with van der Waals surface area (Å²) >= 11 is 0. The molecule has 2 heterocycles. The zero-order chi connectivity index (χ0) is 12.3. The quantitative estimate of drug-likeness (QED) is 0.773. The summed E-state index contributed by atoms with van der Waals surface area (Å²) in [5, 5.41) is 13.3. The summed E-state index contributed by atoms with van der Waals surface area (Å²) in [6.07, 6.45) is 0.667. The van der Waals surface area contributed by atoms with Gasteiger partial charge in [-0.05, 0) is 12.5 Å². The van der Waals surface area contributed by atoms with E-state index in [1.807, 2.05) is 11.7 Å². The summed E-state index contributed by atoms with van der Waals surface area (Å²) in [6, 6.07) is 4.30. The Kier molecular flexibility index (Phi) is 3.77. The van der Waals surface area contributed by atoms with E-state index in [9.17, 15) is 0 Å². The topological polar surface area (TPSA) is 54.1 Å². The number of aryl methyl sites for hydroxylation is 2. The molecule has 0 radical (unpaired) electrons. The molecule has 1 saturated heterocycles. The van der Waals surface area contributed by atoms with Gasteiger partial charge in [0.05, 0.1) is 24.1 Å². The molecular formula is C12H18N4O. The van der Waals surface area contributed by atoms with Gasteiger partial charge < -0.3 is 4.74 Å². The molecule has 92 valence electrons. The summed E-state index contributed by atoms with van der Waals surface area (Å²) < 4.78 is 7.25. The minimum atomic E-state index is -0.289. The first-order chi connectivity index (χ1) is 8.22. The number of nitriles is 1. The van der Waals surface area contributed by atoms with Crippen LogP contribution in [0.15, 0.2) is 6.07 Å². The maximum atomic E-state index is 8.85. The summed E-state index contributed by atoms with van der Waals surface area (Å²) in [4.78, 5) is 2.24. The minimum Gasteiger partial charge on any atom is -0.361 e. The number of hydrogen-bond acceptors (Lipinski definition) is 4. The first-order valence-electron chi connectivity index (χ1n) is 5.98. The van der Waals surface area contributed by atoms with Gasteiger partial charge in [0.1, 0.15) is 0 Å². The van der Waals surface area contributed by atoms with Gasteiger partial charge in [-0.1, -0.05) is 6.92 Å². The fourth-order valence-corrected chi connectivity index (χ4v) is 2.05. The highest BCUT2D eigenvalue weighted by Gasteiger charge is 2.20. The van der Waals surface area contributed by atoms with Crippen LogP contribution in [0.1, 0.15) is 18.3 Å². The zero-order valence-electron chi connectivity index (χ0n) is 10.4. The Morgan fingerprint density at radius 2 is 2.47 bits per heavy atom. The molecule has 1 aromatic heterocycles. The van der Waals surface area contributed by atoms with Gasteiger partial charge in [0.25, 0.3) is 0 Å². The molecule has 0 bridgehead atoms. The van der Waals surface area contributed by atoms with Crippen molar-refractivity contribution in [3.63, 3.8) is 0 Å². The van der Waals surface area contributed by atoms with Gasteiger partial charge in [0.2, 0.25) is 0 Å². The second-order valence-electron chi connectivity index (χ2n) is 4.33. The van der Waals surface area contributed by atoms with Crippen molar-refractivity contribution in [2.24, 2.45) is 7.05 Å². The standard InChI is InChI=1S/C12H18N4O/c1-3-10-6-11(15(2)14-10)8-16-4-5-17-12(7-13)9-16/h6,12H,3-5,8-9H2,1-2H3. The Morgan fingerprint density at radius 3 is 3.12 bits per heavy atom. The maximum Gasteiger partial charge on any atom is 0.156 e. The van der Waals surface area contributed by atoms with Crippen LogP contribution in [-0.4, -0.2) is 40.5 Å². The molecule has 1 unspecified atom stereocenters. The smallest absolute Gasteiger partial charge is 0.156 e. The number of nitrogens with zero attached hydrogens (tertiary/aromatic N) is 4. The van der Waals surface area contributed by atoms with Crippen molar-refractivity contribution in [3.8, 4) is 6.07 Å². The highest BCUT2D eigenvalue weighted by atomic mass is 16.5. The van der Waals surface area contributed by atoms with E-state index in [0.717, 1.165) is 25.2 Å². The normalized spacial score (nSPS) is 21.4. The van der Waals surface area contributed by atoms with Crippen LogP contribution in [0.4, 0.5) is 0 Å². The number of hydrogen-bond donors (Lipinski definition) is 0. The van der Waals surface area contributed by atoms with Crippen LogP contribution in [0.25, 0.3) is 0 Å². The summed E-state index contributed by atoms with van der Waals surface area (Å²) in [6.45, 7) is 5.14. The van der Waals surface area contributed by atoms with Crippen molar-refractivity contribution in [1.82, 2.24) is 14.7 Å². The van der Waals surface area contributed by atoms with Gasteiger partial charge >= 0.3 is 0 Å². The monoisotopic (exact) mass is 234 g/mol. The summed E-state index contributed by atoms with van der Waals surface area (Å²) in [5.41, 5.74) is 2.31. The molecule has 0 spiro atoms. The van der Waals surface area contributed by atoms with Crippen LogP contribution in [-0.2, 0) is 24.8 Å². The molecule has 0 saturated carbocycles. The Hall–Kier alpha value is -1.38. The Labute approximate surface area is 102 Å². The van der Waals surface area contributed by atoms with E-state index in [-0.39, 0.29) is 6.10 Å². The first kappa shape index (κ1) is 12.1. The van der Waals surface area contributed by atoms with Crippen molar-refractivity contribution < 1.29 is 4.74 Å². The molecule has 0 aromatic carbocycles. The first-order valence-corrected chi connectivity index (χ1v) is 5.98. The van der Waals surface area contributed by atoms with E-state index in [1.165, 1.54) is 5.69 Å². The Balaban J connectivity index is 2.00. The van der Waals surface area contributed by atoms with Gasteiger partial charge in [-0.2, -0.15) is 10.4 Å². The molecule has 1 aliphatic heterocycles. The van der Waals surface area contributed by atoms with Crippen LogP contribution in [0.3, 0.4) is 0 Å². The molecule has 0 N–H and O–H groups in total. The Morgan fingerprint density at radius 1 is 1.65 bits per heavy atom. The lowest BCUT2D eigenvalue weighted by Crippen LogP contribution is -2.41. The summed E-state index contributed by atoms with van der Waals surface area (Å²) in [7, 11) is 1.97. The molecule has 5 heteroatoms. The lowest BCUT2D eigenvalue weighted by atomic mass is 10.2. The molecule has 1 atom stereocenters.